The molecule has 0 radical (unpaired) electrons. The Morgan fingerprint density at radius 3 is 2.88 bits per heavy atom. The number of nitrogens with zero attached hydrogens (tertiary/aromatic N) is 5. The van der Waals surface area contributed by atoms with Crippen molar-refractivity contribution in [3.05, 3.63) is 41.0 Å². The minimum atomic E-state index is -0.0368. The van der Waals surface area contributed by atoms with Crippen molar-refractivity contribution >= 4 is 17.1 Å². The third kappa shape index (κ3) is 2.50. The molecular weight excluding hydrogens is 318 g/mol. The van der Waals surface area contributed by atoms with Crippen molar-refractivity contribution < 1.29 is 9.21 Å². The van der Waals surface area contributed by atoms with Crippen LogP contribution < -0.4 is 0 Å². The van der Waals surface area contributed by atoms with Crippen molar-refractivity contribution in [3.63, 3.8) is 0 Å². The second-order valence-corrected chi connectivity index (χ2v) is 6.80. The zero-order valence-corrected chi connectivity index (χ0v) is 14.9. The Kier molecular flexibility index (Phi) is 3.59. The van der Waals surface area contributed by atoms with Gasteiger partial charge in [-0.25, -0.2) is 15.0 Å². The summed E-state index contributed by atoms with van der Waals surface area (Å²) in [5.74, 6) is 2.69. The fourth-order valence-electron chi connectivity index (χ4n) is 3.17. The molecule has 1 aliphatic rings. The van der Waals surface area contributed by atoms with Gasteiger partial charge in [0.1, 0.15) is 22.8 Å². The van der Waals surface area contributed by atoms with Gasteiger partial charge >= 0.3 is 0 Å². The van der Waals surface area contributed by atoms with Crippen LogP contribution >= 0.6 is 0 Å². The van der Waals surface area contributed by atoms with E-state index in [0.29, 0.717) is 30.6 Å². The van der Waals surface area contributed by atoms with Gasteiger partial charge in [0.25, 0.3) is 5.91 Å². The molecule has 130 valence electrons. The maximum absolute atomic E-state index is 13.1. The van der Waals surface area contributed by atoms with E-state index in [0.717, 1.165) is 28.8 Å². The van der Waals surface area contributed by atoms with Gasteiger partial charge < -0.3 is 13.9 Å². The van der Waals surface area contributed by atoms with Gasteiger partial charge in [-0.1, -0.05) is 13.8 Å². The largest absolute Gasteiger partial charge is 0.445 e. The molecule has 4 rings (SSSR count). The number of hydrogen-bond acceptors (Lipinski definition) is 5. The normalized spacial score (nSPS) is 14.4. The van der Waals surface area contributed by atoms with E-state index in [4.69, 9.17) is 4.42 Å². The topological polar surface area (TPSA) is 77.1 Å². The monoisotopic (exact) mass is 339 g/mol. The van der Waals surface area contributed by atoms with Crippen molar-refractivity contribution in [1.29, 1.82) is 0 Å². The zero-order valence-electron chi connectivity index (χ0n) is 14.9. The number of pyridine rings is 1. The lowest BCUT2D eigenvalue weighted by Gasteiger charge is -2.25. The van der Waals surface area contributed by atoms with E-state index in [1.54, 1.807) is 12.3 Å². The Bertz CT molecular complexity index is 969. The average Bonchev–Trinajstić information content (AvgIpc) is 3.15. The van der Waals surface area contributed by atoms with Crippen LogP contribution in [0.25, 0.3) is 11.2 Å². The fourth-order valence-corrected chi connectivity index (χ4v) is 3.17. The molecule has 0 fully saturated rings. The highest BCUT2D eigenvalue weighted by molar-refractivity contribution is 6.04. The number of imidazole rings is 1. The molecule has 4 heterocycles. The van der Waals surface area contributed by atoms with Crippen LogP contribution in [0, 0.1) is 6.92 Å². The zero-order chi connectivity index (χ0) is 17.7. The maximum Gasteiger partial charge on any atom is 0.256 e. The Hall–Kier alpha value is -2.70. The molecule has 7 nitrogen and oxygen atoms in total. The predicted octanol–water partition coefficient (Wildman–Crippen LogP) is 2.59. The van der Waals surface area contributed by atoms with Crippen LogP contribution in [0.15, 0.2) is 16.7 Å². The summed E-state index contributed by atoms with van der Waals surface area (Å²) in [6, 6.07) is 1.75. The van der Waals surface area contributed by atoms with Gasteiger partial charge in [-0.3, -0.25) is 4.79 Å². The van der Waals surface area contributed by atoms with Crippen LogP contribution in [0.4, 0.5) is 0 Å². The van der Waals surface area contributed by atoms with Crippen LogP contribution in [-0.4, -0.2) is 36.9 Å². The van der Waals surface area contributed by atoms with E-state index in [1.807, 2.05) is 23.4 Å². The number of fused-ring (bicyclic) bond motifs is 2. The number of rotatable bonds is 2. The molecule has 0 unspecified atom stereocenters. The van der Waals surface area contributed by atoms with Gasteiger partial charge in [-0.05, 0) is 13.0 Å². The Morgan fingerprint density at radius 1 is 1.32 bits per heavy atom. The number of carbonyl (C=O) groups is 1. The van der Waals surface area contributed by atoms with E-state index < -0.39 is 0 Å². The van der Waals surface area contributed by atoms with E-state index in [1.165, 1.54) is 0 Å². The first-order chi connectivity index (χ1) is 12.0. The second-order valence-electron chi connectivity index (χ2n) is 6.80. The Morgan fingerprint density at radius 2 is 2.12 bits per heavy atom. The second kappa shape index (κ2) is 5.68. The first-order valence-corrected chi connectivity index (χ1v) is 8.51. The van der Waals surface area contributed by atoms with Crippen molar-refractivity contribution in [2.45, 2.75) is 39.7 Å². The summed E-state index contributed by atoms with van der Waals surface area (Å²) in [4.78, 5) is 28.3. The van der Waals surface area contributed by atoms with Crippen molar-refractivity contribution in [3.8, 4) is 0 Å². The predicted molar refractivity (Wildman–Crippen MR) is 92.3 cm³/mol. The molecule has 3 aromatic rings. The molecule has 1 amide bonds. The average molecular weight is 339 g/mol. The van der Waals surface area contributed by atoms with Gasteiger partial charge in [0.05, 0.1) is 12.1 Å². The highest BCUT2D eigenvalue weighted by Gasteiger charge is 2.28. The minimum Gasteiger partial charge on any atom is -0.445 e. The number of aromatic nitrogens is 4. The number of amides is 1. The quantitative estimate of drug-likeness (QED) is 0.717. The van der Waals surface area contributed by atoms with Crippen LogP contribution in [0.2, 0.25) is 0 Å². The van der Waals surface area contributed by atoms with Gasteiger partial charge in [0, 0.05) is 32.1 Å². The SMILES string of the molecule is Cc1nc2c(C(=O)N3CCc4oc(C(C)C)nc4C3)ccnc2n1C. The molecule has 7 heteroatoms. The summed E-state index contributed by atoms with van der Waals surface area (Å²) in [5, 5.41) is 0. The van der Waals surface area contributed by atoms with Gasteiger partial charge in [-0.15, -0.1) is 0 Å². The van der Waals surface area contributed by atoms with Crippen LogP contribution in [0.3, 0.4) is 0 Å². The first-order valence-electron chi connectivity index (χ1n) is 8.51. The lowest BCUT2D eigenvalue weighted by atomic mass is 10.1. The van der Waals surface area contributed by atoms with E-state index in [9.17, 15) is 4.79 Å². The molecule has 0 aliphatic carbocycles. The van der Waals surface area contributed by atoms with Gasteiger partial charge in [0.15, 0.2) is 11.5 Å². The lowest BCUT2D eigenvalue weighted by molar-refractivity contribution is 0.0729. The Balaban J connectivity index is 1.67. The number of carbonyl (C=O) groups excluding carboxylic acids is 1. The first kappa shape index (κ1) is 15.8. The molecule has 3 aromatic heterocycles. The molecule has 0 N–H and O–H groups in total. The smallest absolute Gasteiger partial charge is 0.256 e. The van der Waals surface area contributed by atoms with Crippen LogP contribution in [0.1, 0.15) is 53.3 Å². The molecule has 0 spiro atoms. The third-order valence-electron chi connectivity index (χ3n) is 4.74. The summed E-state index contributed by atoms with van der Waals surface area (Å²) in [7, 11) is 1.90. The summed E-state index contributed by atoms with van der Waals surface area (Å²) in [5.41, 5.74) is 2.83. The molecule has 25 heavy (non-hydrogen) atoms. The van der Waals surface area contributed by atoms with E-state index in [2.05, 4.69) is 28.8 Å². The Labute approximate surface area is 145 Å². The standard InChI is InChI=1S/C18H21N5O2/c1-10(2)17-21-13-9-23(8-6-14(13)25-17)18(24)12-5-7-19-16-15(12)20-11(3)22(16)4/h5,7,10H,6,8-9H2,1-4H3. The molecular formula is C18H21N5O2. The lowest BCUT2D eigenvalue weighted by Crippen LogP contribution is -2.36. The van der Waals surface area contributed by atoms with Crippen LogP contribution in [-0.2, 0) is 20.0 Å². The van der Waals surface area contributed by atoms with Crippen molar-refractivity contribution in [2.24, 2.45) is 7.05 Å². The number of hydrogen-bond donors (Lipinski definition) is 0. The summed E-state index contributed by atoms with van der Waals surface area (Å²) in [6.07, 6.45) is 2.36. The molecule has 0 bridgehead atoms. The van der Waals surface area contributed by atoms with E-state index in [-0.39, 0.29) is 11.8 Å². The highest BCUT2D eigenvalue weighted by Crippen LogP contribution is 2.26. The maximum atomic E-state index is 13.1. The van der Waals surface area contributed by atoms with E-state index >= 15 is 0 Å². The van der Waals surface area contributed by atoms with Gasteiger partial charge in [0.2, 0.25) is 0 Å². The fraction of sp³-hybridized carbons (Fsp3) is 0.444. The third-order valence-corrected chi connectivity index (χ3v) is 4.74. The van der Waals surface area contributed by atoms with Crippen molar-refractivity contribution in [2.75, 3.05) is 6.54 Å². The minimum absolute atomic E-state index is 0.0368. The molecule has 0 atom stereocenters. The van der Waals surface area contributed by atoms with Crippen LogP contribution in [0.5, 0.6) is 0 Å². The molecule has 0 saturated carbocycles. The highest BCUT2D eigenvalue weighted by atomic mass is 16.4. The summed E-state index contributed by atoms with van der Waals surface area (Å²) >= 11 is 0. The molecule has 0 aromatic carbocycles. The number of oxazole rings is 1. The van der Waals surface area contributed by atoms with Gasteiger partial charge in [-0.2, -0.15) is 0 Å². The number of aryl methyl sites for hydroxylation is 2. The summed E-state index contributed by atoms with van der Waals surface area (Å²) < 4.78 is 7.71. The summed E-state index contributed by atoms with van der Waals surface area (Å²) in [6.45, 7) is 7.11. The molecule has 0 saturated heterocycles. The molecule has 1 aliphatic heterocycles. The van der Waals surface area contributed by atoms with Crippen molar-refractivity contribution in [1.82, 2.24) is 24.4 Å².